The molecule has 0 spiro atoms. The van der Waals surface area contributed by atoms with Crippen molar-refractivity contribution in [2.24, 2.45) is 17.6 Å². The van der Waals surface area contributed by atoms with E-state index in [9.17, 15) is 4.79 Å². The lowest BCUT2D eigenvalue weighted by molar-refractivity contribution is -0.135. The average molecular weight is 224 g/mol. The summed E-state index contributed by atoms with van der Waals surface area (Å²) in [4.78, 5) is 14.0. The van der Waals surface area contributed by atoms with Crippen LogP contribution in [-0.2, 0) is 4.79 Å². The summed E-state index contributed by atoms with van der Waals surface area (Å²) in [5, 5.41) is 0. The summed E-state index contributed by atoms with van der Waals surface area (Å²) in [6.45, 7) is 3.89. The maximum atomic E-state index is 12.0. The number of rotatable bonds is 2. The Kier molecular flexibility index (Phi) is 3.85. The second-order valence-electron chi connectivity index (χ2n) is 5.39. The molecule has 2 N–H and O–H groups in total. The number of nitrogens with two attached hydrogens (primary N) is 1. The molecule has 1 aliphatic heterocycles. The molecule has 2 rings (SSSR count). The van der Waals surface area contributed by atoms with E-state index in [1.807, 2.05) is 11.8 Å². The van der Waals surface area contributed by atoms with Crippen molar-refractivity contribution >= 4 is 5.91 Å². The van der Waals surface area contributed by atoms with E-state index in [1.165, 1.54) is 32.1 Å². The second kappa shape index (κ2) is 5.17. The highest BCUT2D eigenvalue weighted by Crippen LogP contribution is 2.36. The highest BCUT2D eigenvalue weighted by molar-refractivity contribution is 5.81. The molecule has 1 amide bonds. The molecule has 2 aliphatic rings. The van der Waals surface area contributed by atoms with Crippen LogP contribution < -0.4 is 5.73 Å². The van der Waals surface area contributed by atoms with Crippen molar-refractivity contribution in [1.82, 2.24) is 4.90 Å². The Labute approximate surface area is 98.4 Å². The largest absolute Gasteiger partial charge is 0.341 e. The summed E-state index contributed by atoms with van der Waals surface area (Å²) in [5.74, 6) is 1.82. The van der Waals surface area contributed by atoms with Crippen molar-refractivity contribution in [3.05, 3.63) is 0 Å². The van der Waals surface area contributed by atoms with Crippen molar-refractivity contribution in [2.45, 2.75) is 51.5 Å². The third-order valence-corrected chi connectivity index (χ3v) is 4.36. The Hall–Kier alpha value is -0.570. The molecule has 0 bridgehead atoms. The van der Waals surface area contributed by atoms with Gasteiger partial charge in [-0.3, -0.25) is 4.79 Å². The van der Waals surface area contributed by atoms with Gasteiger partial charge in [-0.1, -0.05) is 26.2 Å². The average Bonchev–Trinajstić information content (AvgIpc) is 2.36. The fraction of sp³-hybridized carbons (Fsp3) is 0.923. The highest BCUT2D eigenvalue weighted by Gasteiger charge is 2.33. The van der Waals surface area contributed by atoms with Crippen molar-refractivity contribution in [3.63, 3.8) is 0 Å². The molecule has 0 radical (unpaired) electrons. The van der Waals surface area contributed by atoms with Gasteiger partial charge in [0.1, 0.15) is 0 Å². The molecular formula is C13H24N2O. The van der Waals surface area contributed by atoms with E-state index in [-0.39, 0.29) is 11.9 Å². The van der Waals surface area contributed by atoms with Crippen molar-refractivity contribution in [1.29, 1.82) is 0 Å². The molecule has 0 aromatic rings. The Morgan fingerprint density at radius 2 is 2.00 bits per heavy atom. The Morgan fingerprint density at radius 1 is 1.31 bits per heavy atom. The van der Waals surface area contributed by atoms with Gasteiger partial charge in [0.15, 0.2) is 0 Å². The smallest absolute Gasteiger partial charge is 0.239 e. The van der Waals surface area contributed by atoms with Gasteiger partial charge in [-0.05, 0) is 31.1 Å². The minimum atomic E-state index is -0.278. The first-order valence-electron chi connectivity index (χ1n) is 6.76. The molecule has 92 valence electrons. The number of carbonyl (C=O) groups excluding carboxylic acids is 1. The molecule has 1 saturated carbocycles. The molecule has 1 heterocycles. The van der Waals surface area contributed by atoms with Gasteiger partial charge in [0, 0.05) is 13.1 Å². The van der Waals surface area contributed by atoms with E-state index in [0.29, 0.717) is 0 Å². The van der Waals surface area contributed by atoms with Gasteiger partial charge >= 0.3 is 0 Å². The van der Waals surface area contributed by atoms with Gasteiger partial charge in [-0.15, -0.1) is 0 Å². The second-order valence-corrected chi connectivity index (χ2v) is 5.39. The lowest BCUT2D eigenvalue weighted by atomic mass is 9.75. The SMILES string of the molecule is CC[C@@H](N)C(=O)N1CCC2CCCCC2C1. The number of piperidine rings is 1. The Balaban J connectivity index is 1.92. The molecule has 2 fully saturated rings. The lowest BCUT2D eigenvalue weighted by Crippen LogP contribution is -2.50. The number of likely N-dealkylation sites (tertiary alicyclic amines) is 1. The normalized spacial score (nSPS) is 32.0. The van der Waals surface area contributed by atoms with E-state index in [0.717, 1.165) is 31.3 Å². The molecule has 2 unspecified atom stereocenters. The molecule has 3 nitrogen and oxygen atoms in total. The zero-order valence-electron chi connectivity index (χ0n) is 10.3. The number of hydrogen-bond acceptors (Lipinski definition) is 2. The van der Waals surface area contributed by atoms with Crippen LogP contribution in [0, 0.1) is 11.8 Å². The fourth-order valence-electron chi connectivity index (χ4n) is 3.21. The molecule has 1 saturated heterocycles. The quantitative estimate of drug-likeness (QED) is 0.777. The van der Waals surface area contributed by atoms with Gasteiger partial charge in [0.2, 0.25) is 5.91 Å². The van der Waals surface area contributed by atoms with E-state index < -0.39 is 0 Å². The predicted molar refractivity (Wildman–Crippen MR) is 64.9 cm³/mol. The van der Waals surface area contributed by atoms with Gasteiger partial charge in [-0.2, -0.15) is 0 Å². The van der Waals surface area contributed by atoms with Crippen LogP contribution in [0.5, 0.6) is 0 Å². The first kappa shape index (κ1) is 11.9. The maximum absolute atomic E-state index is 12.0. The van der Waals surface area contributed by atoms with Crippen LogP contribution in [0.1, 0.15) is 45.4 Å². The first-order chi connectivity index (χ1) is 7.72. The summed E-state index contributed by atoms with van der Waals surface area (Å²) >= 11 is 0. The molecule has 16 heavy (non-hydrogen) atoms. The maximum Gasteiger partial charge on any atom is 0.239 e. The van der Waals surface area contributed by atoms with Crippen LogP contribution in [0.15, 0.2) is 0 Å². The van der Waals surface area contributed by atoms with Gasteiger partial charge in [0.05, 0.1) is 6.04 Å². The van der Waals surface area contributed by atoms with Crippen LogP contribution in [-0.4, -0.2) is 29.9 Å². The van der Waals surface area contributed by atoms with Crippen molar-refractivity contribution in [2.75, 3.05) is 13.1 Å². The number of carbonyl (C=O) groups is 1. The summed E-state index contributed by atoms with van der Waals surface area (Å²) in [6, 6.07) is -0.278. The summed E-state index contributed by atoms with van der Waals surface area (Å²) in [7, 11) is 0. The molecule has 1 aliphatic carbocycles. The lowest BCUT2D eigenvalue weighted by Gasteiger charge is -2.41. The molecule has 0 aromatic heterocycles. The van der Waals surface area contributed by atoms with E-state index >= 15 is 0 Å². The van der Waals surface area contributed by atoms with Crippen molar-refractivity contribution in [3.8, 4) is 0 Å². The standard InChI is InChI=1S/C13H24N2O/c1-2-12(14)13(16)15-8-7-10-5-3-4-6-11(10)9-15/h10-12H,2-9,14H2,1H3/t10?,11?,12-/m1/s1. The van der Waals surface area contributed by atoms with Crippen LogP contribution in [0.2, 0.25) is 0 Å². The predicted octanol–water partition coefficient (Wildman–Crippen LogP) is 1.76. The fourth-order valence-corrected chi connectivity index (χ4v) is 3.21. The molecular weight excluding hydrogens is 200 g/mol. The molecule has 3 heteroatoms. The van der Waals surface area contributed by atoms with E-state index in [4.69, 9.17) is 5.73 Å². The van der Waals surface area contributed by atoms with Crippen LogP contribution >= 0.6 is 0 Å². The topological polar surface area (TPSA) is 46.3 Å². The zero-order valence-corrected chi connectivity index (χ0v) is 10.3. The molecule has 0 aromatic carbocycles. The summed E-state index contributed by atoms with van der Waals surface area (Å²) in [6.07, 6.45) is 7.39. The highest BCUT2D eigenvalue weighted by atomic mass is 16.2. The zero-order chi connectivity index (χ0) is 11.5. The minimum Gasteiger partial charge on any atom is -0.341 e. The summed E-state index contributed by atoms with van der Waals surface area (Å²) < 4.78 is 0. The minimum absolute atomic E-state index is 0.173. The van der Waals surface area contributed by atoms with Gasteiger partial charge in [0.25, 0.3) is 0 Å². The van der Waals surface area contributed by atoms with Crippen LogP contribution in [0.4, 0.5) is 0 Å². The third-order valence-electron chi connectivity index (χ3n) is 4.36. The van der Waals surface area contributed by atoms with Crippen LogP contribution in [0.3, 0.4) is 0 Å². The number of hydrogen-bond donors (Lipinski definition) is 1. The summed E-state index contributed by atoms with van der Waals surface area (Å²) in [5.41, 5.74) is 5.82. The first-order valence-corrected chi connectivity index (χ1v) is 6.76. The Bertz CT molecular complexity index is 254. The van der Waals surface area contributed by atoms with Crippen LogP contribution in [0.25, 0.3) is 0 Å². The van der Waals surface area contributed by atoms with E-state index in [2.05, 4.69) is 0 Å². The monoisotopic (exact) mass is 224 g/mol. The van der Waals surface area contributed by atoms with E-state index in [1.54, 1.807) is 0 Å². The number of amides is 1. The Morgan fingerprint density at radius 3 is 2.69 bits per heavy atom. The number of fused-ring (bicyclic) bond motifs is 1. The van der Waals surface area contributed by atoms with Gasteiger partial charge in [-0.25, -0.2) is 0 Å². The third kappa shape index (κ3) is 2.40. The van der Waals surface area contributed by atoms with Crippen molar-refractivity contribution < 1.29 is 4.79 Å². The van der Waals surface area contributed by atoms with Gasteiger partial charge < -0.3 is 10.6 Å². The number of nitrogens with zero attached hydrogens (tertiary/aromatic N) is 1. The molecule has 3 atom stereocenters.